The molecule has 0 aliphatic carbocycles. The molecule has 0 N–H and O–H groups in total. The van der Waals surface area contributed by atoms with Gasteiger partial charge in [0.2, 0.25) is 5.75 Å². The normalized spacial score (nSPS) is 18.3. The molecule has 0 aromatic heterocycles. The summed E-state index contributed by atoms with van der Waals surface area (Å²) in [6, 6.07) is 17.6. The molecule has 2 heterocycles. The summed E-state index contributed by atoms with van der Waals surface area (Å²) in [4.78, 5) is 26.4. The zero-order chi connectivity index (χ0) is 29.0. The molecule has 41 heavy (non-hydrogen) atoms. The van der Waals surface area contributed by atoms with Crippen LogP contribution in [0.25, 0.3) is 0 Å². The van der Waals surface area contributed by atoms with Gasteiger partial charge in [0.05, 0.1) is 20.8 Å². The van der Waals surface area contributed by atoms with E-state index in [1.165, 1.54) is 24.3 Å². The number of para-hydroxylation sites is 1. The first kappa shape index (κ1) is 28.4. The Balaban J connectivity index is 1.35. The Morgan fingerprint density at radius 1 is 0.878 bits per heavy atom. The predicted octanol–water partition coefficient (Wildman–Crippen LogP) is 5.05. The second kappa shape index (κ2) is 12.1. The van der Waals surface area contributed by atoms with E-state index in [-0.39, 0.29) is 29.9 Å². The van der Waals surface area contributed by atoms with Crippen molar-refractivity contribution in [2.24, 2.45) is 5.92 Å². The maximum atomic E-state index is 13.8. The van der Waals surface area contributed by atoms with E-state index in [4.69, 9.17) is 23.7 Å². The standard InChI is InChI=1S/C31H31F2NO7/c1-37-25-5-3-6-26(38-2)28(25)39-18-4-16-34-17-15-22(19-31(34)40-29(35)30(36)41-31)27(20-7-11-23(32)12-8-20)21-9-13-24(33)14-10-21/h3,5-14,22,27H,4,15-19H2,1-2H3. The van der Waals surface area contributed by atoms with Gasteiger partial charge in [-0.3, -0.25) is 0 Å². The fraction of sp³-hybridized carbons (Fsp3) is 0.355. The van der Waals surface area contributed by atoms with Crippen LogP contribution in [0, 0.1) is 17.6 Å². The minimum atomic E-state index is -1.59. The molecule has 2 aliphatic rings. The van der Waals surface area contributed by atoms with Gasteiger partial charge in [0.1, 0.15) is 11.6 Å². The van der Waals surface area contributed by atoms with Crippen LogP contribution >= 0.6 is 0 Å². The quantitative estimate of drug-likeness (QED) is 0.191. The number of rotatable bonds is 10. The molecule has 1 unspecified atom stereocenters. The molecule has 5 rings (SSSR count). The molecule has 0 bridgehead atoms. The van der Waals surface area contributed by atoms with Gasteiger partial charge in [-0.25, -0.2) is 23.3 Å². The van der Waals surface area contributed by atoms with E-state index in [1.54, 1.807) is 56.7 Å². The highest BCUT2D eigenvalue weighted by molar-refractivity contribution is 6.31. The number of carbonyl (C=O) groups is 2. The van der Waals surface area contributed by atoms with Crippen LogP contribution in [0.1, 0.15) is 36.3 Å². The maximum absolute atomic E-state index is 13.8. The number of carbonyl (C=O) groups excluding carboxylic acids is 2. The first-order chi connectivity index (χ1) is 19.8. The number of nitrogens with zero attached hydrogens (tertiary/aromatic N) is 1. The lowest BCUT2D eigenvalue weighted by atomic mass is 9.75. The summed E-state index contributed by atoms with van der Waals surface area (Å²) >= 11 is 0. The number of piperidine rings is 1. The SMILES string of the molecule is COc1cccc(OC)c1OCCCN1CCC(C(c2ccc(F)cc2)c2ccc(F)cc2)CC12OC(=O)C(=O)O2. The molecule has 0 radical (unpaired) electrons. The first-order valence-electron chi connectivity index (χ1n) is 13.4. The van der Waals surface area contributed by atoms with Crippen LogP contribution in [-0.4, -0.2) is 56.7 Å². The summed E-state index contributed by atoms with van der Waals surface area (Å²) < 4.78 is 55.5. The average molecular weight is 568 g/mol. The Bertz CT molecular complexity index is 1300. The van der Waals surface area contributed by atoms with E-state index in [2.05, 4.69) is 0 Å². The predicted molar refractivity (Wildman–Crippen MR) is 144 cm³/mol. The Kier molecular flexibility index (Phi) is 8.39. The van der Waals surface area contributed by atoms with Crippen molar-refractivity contribution in [3.8, 4) is 17.2 Å². The Morgan fingerprint density at radius 2 is 1.41 bits per heavy atom. The van der Waals surface area contributed by atoms with Crippen LogP contribution in [0.15, 0.2) is 66.7 Å². The van der Waals surface area contributed by atoms with Gasteiger partial charge >= 0.3 is 17.8 Å². The van der Waals surface area contributed by atoms with Crippen molar-refractivity contribution in [3.63, 3.8) is 0 Å². The van der Waals surface area contributed by atoms with E-state index in [1.807, 2.05) is 4.90 Å². The van der Waals surface area contributed by atoms with Crippen molar-refractivity contribution in [2.75, 3.05) is 33.9 Å². The van der Waals surface area contributed by atoms with Crippen LogP contribution in [-0.2, 0) is 19.1 Å². The molecule has 0 amide bonds. The first-order valence-corrected chi connectivity index (χ1v) is 13.4. The summed E-state index contributed by atoms with van der Waals surface area (Å²) in [6.45, 7) is 1.15. The summed E-state index contributed by atoms with van der Waals surface area (Å²) in [5.74, 6) is -3.33. The van der Waals surface area contributed by atoms with Gasteiger partial charge in [0.25, 0.3) is 0 Å². The molecule has 2 fully saturated rings. The van der Waals surface area contributed by atoms with Crippen LogP contribution in [0.2, 0.25) is 0 Å². The van der Waals surface area contributed by atoms with Gasteiger partial charge in [-0.1, -0.05) is 30.3 Å². The Morgan fingerprint density at radius 3 is 1.93 bits per heavy atom. The molecule has 8 nitrogen and oxygen atoms in total. The van der Waals surface area contributed by atoms with E-state index in [9.17, 15) is 18.4 Å². The number of benzene rings is 3. The highest BCUT2D eigenvalue weighted by Crippen LogP contribution is 2.46. The third-order valence-electron chi connectivity index (χ3n) is 7.57. The fourth-order valence-electron chi connectivity index (χ4n) is 5.69. The van der Waals surface area contributed by atoms with Crippen molar-refractivity contribution >= 4 is 11.9 Å². The second-order valence-electron chi connectivity index (χ2n) is 10.0. The summed E-state index contributed by atoms with van der Waals surface area (Å²) in [7, 11) is 3.09. The third kappa shape index (κ3) is 5.97. The van der Waals surface area contributed by atoms with E-state index >= 15 is 0 Å². The molecule has 1 spiro atoms. The zero-order valence-corrected chi connectivity index (χ0v) is 22.8. The zero-order valence-electron chi connectivity index (χ0n) is 22.8. The van der Waals surface area contributed by atoms with Crippen LogP contribution in [0.3, 0.4) is 0 Å². The lowest BCUT2D eigenvalue weighted by Crippen LogP contribution is -2.56. The van der Waals surface area contributed by atoms with Gasteiger partial charge in [-0.15, -0.1) is 0 Å². The largest absolute Gasteiger partial charge is 0.493 e. The average Bonchev–Trinajstić information content (AvgIpc) is 3.26. The van der Waals surface area contributed by atoms with Crippen molar-refractivity contribution in [2.45, 2.75) is 31.1 Å². The van der Waals surface area contributed by atoms with Crippen LogP contribution < -0.4 is 14.2 Å². The molecule has 2 saturated heterocycles. The number of hydrogen-bond donors (Lipinski definition) is 0. The van der Waals surface area contributed by atoms with Gasteiger partial charge in [0, 0.05) is 25.4 Å². The molecule has 3 aromatic carbocycles. The molecule has 1 atom stereocenters. The topological polar surface area (TPSA) is 83.5 Å². The van der Waals surface area contributed by atoms with Crippen LogP contribution in [0.5, 0.6) is 17.2 Å². The van der Waals surface area contributed by atoms with Crippen molar-refractivity contribution in [3.05, 3.63) is 89.5 Å². The van der Waals surface area contributed by atoms with Gasteiger partial charge in [0.15, 0.2) is 11.5 Å². The van der Waals surface area contributed by atoms with Crippen molar-refractivity contribution in [1.82, 2.24) is 4.90 Å². The molecular formula is C31H31F2NO7. The van der Waals surface area contributed by atoms with Gasteiger partial charge in [-0.05, 0) is 66.3 Å². The lowest BCUT2D eigenvalue weighted by Gasteiger charge is -2.45. The summed E-state index contributed by atoms with van der Waals surface area (Å²) in [5, 5.41) is 0. The number of ether oxygens (including phenoxy) is 5. The third-order valence-corrected chi connectivity index (χ3v) is 7.57. The summed E-state index contributed by atoms with van der Waals surface area (Å²) in [5.41, 5.74) is 1.64. The number of methoxy groups -OCH3 is 2. The van der Waals surface area contributed by atoms with Gasteiger partial charge in [-0.2, -0.15) is 0 Å². The molecule has 10 heteroatoms. The molecule has 216 valence electrons. The number of halogens is 2. The summed E-state index contributed by atoms with van der Waals surface area (Å²) in [6.07, 6.45) is 1.35. The smallest absolute Gasteiger partial charge is 0.421 e. The van der Waals surface area contributed by atoms with Gasteiger partial charge < -0.3 is 23.7 Å². The van der Waals surface area contributed by atoms with Crippen LogP contribution in [0.4, 0.5) is 8.78 Å². The highest BCUT2D eigenvalue weighted by Gasteiger charge is 2.56. The molecule has 0 saturated carbocycles. The number of hydrogen-bond acceptors (Lipinski definition) is 8. The minimum absolute atomic E-state index is 0.171. The van der Waals surface area contributed by atoms with Crippen molar-refractivity contribution < 1.29 is 42.1 Å². The molecule has 3 aromatic rings. The van der Waals surface area contributed by atoms with E-state index in [0.29, 0.717) is 49.8 Å². The maximum Gasteiger partial charge on any atom is 0.421 e. The monoisotopic (exact) mass is 567 g/mol. The Labute approximate surface area is 236 Å². The minimum Gasteiger partial charge on any atom is -0.493 e. The second-order valence-corrected chi connectivity index (χ2v) is 10.0. The highest BCUT2D eigenvalue weighted by atomic mass is 19.1. The van der Waals surface area contributed by atoms with E-state index in [0.717, 1.165) is 11.1 Å². The molecule has 2 aliphatic heterocycles. The fourth-order valence-corrected chi connectivity index (χ4v) is 5.69. The van der Waals surface area contributed by atoms with E-state index < -0.39 is 17.8 Å². The van der Waals surface area contributed by atoms with Crippen molar-refractivity contribution in [1.29, 1.82) is 0 Å². The Hall–Kier alpha value is -4.18. The number of likely N-dealkylation sites (tertiary alicyclic amines) is 1. The number of esters is 2. The lowest BCUT2D eigenvalue weighted by molar-refractivity contribution is -0.272. The molecular weight excluding hydrogens is 536 g/mol.